The molecule has 0 radical (unpaired) electrons. The van der Waals surface area contributed by atoms with Gasteiger partial charge in [0.15, 0.2) is 0 Å². The van der Waals surface area contributed by atoms with Crippen LogP contribution in [0.5, 0.6) is 0 Å². The SMILES string of the molecule is COC(=O)[C@@H]1C[C@@H](c2ccccc2C)CN1. The maximum Gasteiger partial charge on any atom is 0.322 e. The fourth-order valence-electron chi connectivity index (χ4n) is 2.34. The van der Waals surface area contributed by atoms with Gasteiger partial charge in [0.25, 0.3) is 0 Å². The highest BCUT2D eigenvalue weighted by atomic mass is 16.5. The summed E-state index contributed by atoms with van der Waals surface area (Å²) in [4.78, 5) is 11.4. The van der Waals surface area contributed by atoms with Crippen LogP contribution in [0, 0.1) is 6.92 Å². The predicted octanol–water partition coefficient (Wildman–Crippen LogP) is 1.61. The summed E-state index contributed by atoms with van der Waals surface area (Å²) < 4.78 is 4.75. The fourth-order valence-corrected chi connectivity index (χ4v) is 2.34. The molecule has 1 aliphatic heterocycles. The third-order valence-corrected chi connectivity index (χ3v) is 3.24. The molecule has 0 unspecified atom stereocenters. The Hall–Kier alpha value is -1.35. The molecule has 0 bridgehead atoms. The number of ether oxygens (including phenoxy) is 1. The molecule has 1 heterocycles. The smallest absolute Gasteiger partial charge is 0.322 e. The van der Waals surface area contributed by atoms with Crippen molar-refractivity contribution in [1.82, 2.24) is 5.32 Å². The predicted molar refractivity (Wildman–Crippen MR) is 62.3 cm³/mol. The molecule has 3 nitrogen and oxygen atoms in total. The molecule has 1 saturated heterocycles. The third kappa shape index (κ3) is 2.09. The first kappa shape index (κ1) is 11.1. The molecule has 2 rings (SSSR count). The Morgan fingerprint density at radius 3 is 2.88 bits per heavy atom. The van der Waals surface area contributed by atoms with Crippen molar-refractivity contribution in [3.05, 3.63) is 35.4 Å². The van der Waals surface area contributed by atoms with E-state index in [0.29, 0.717) is 5.92 Å². The first-order valence-electron chi connectivity index (χ1n) is 5.59. The van der Waals surface area contributed by atoms with Crippen molar-refractivity contribution in [2.45, 2.75) is 25.3 Å². The number of aryl methyl sites for hydroxylation is 1. The molecule has 0 aliphatic carbocycles. The van der Waals surface area contributed by atoms with E-state index in [1.54, 1.807) is 0 Å². The monoisotopic (exact) mass is 219 g/mol. The van der Waals surface area contributed by atoms with Crippen molar-refractivity contribution in [3.8, 4) is 0 Å². The molecule has 1 aromatic carbocycles. The first-order valence-corrected chi connectivity index (χ1v) is 5.59. The summed E-state index contributed by atoms with van der Waals surface area (Å²) in [5, 5.41) is 3.21. The Morgan fingerprint density at radius 1 is 1.44 bits per heavy atom. The van der Waals surface area contributed by atoms with Crippen LogP contribution in [0.1, 0.15) is 23.5 Å². The lowest BCUT2D eigenvalue weighted by Gasteiger charge is -2.12. The van der Waals surface area contributed by atoms with Crippen LogP contribution in [0.4, 0.5) is 0 Å². The molecular weight excluding hydrogens is 202 g/mol. The molecule has 86 valence electrons. The van der Waals surface area contributed by atoms with Gasteiger partial charge in [0, 0.05) is 6.54 Å². The van der Waals surface area contributed by atoms with Crippen LogP contribution in [0.2, 0.25) is 0 Å². The topological polar surface area (TPSA) is 38.3 Å². The molecule has 3 heteroatoms. The summed E-state index contributed by atoms with van der Waals surface area (Å²) in [6.07, 6.45) is 0.831. The van der Waals surface area contributed by atoms with Crippen LogP contribution in [-0.2, 0) is 9.53 Å². The fraction of sp³-hybridized carbons (Fsp3) is 0.462. The van der Waals surface area contributed by atoms with Crippen LogP contribution >= 0.6 is 0 Å². The molecular formula is C13H17NO2. The van der Waals surface area contributed by atoms with E-state index in [1.807, 2.05) is 12.1 Å². The summed E-state index contributed by atoms with van der Waals surface area (Å²) in [6.45, 7) is 2.96. The van der Waals surface area contributed by atoms with E-state index in [4.69, 9.17) is 4.74 Å². The van der Waals surface area contributed by atoms with Crippen molar-refractivity contribution < 1.29 is 9.53 Å². The largest absolute Gasteiger partial charge is 0.468 e. The zero-order valence-electron chi connectivity index (χ0n) is 9.69. The zero-order chi connectivity index (χ0) is 11.5. The van der Waals surface area contributed by atoms with Crippen LogP contribution in [0.15, 0.2) is 24.3 Å². The minimum atomic E-state index is -0.156. The van der Waals surface area contributed by atoms with E-state index in [0.717, 1.165) is 13.0 Å². The zero-order valence-corrected chi connectivity index (χ0v) is 9.69. The summed E-state index contributed by atoms with van der Waals surface area (Å²) in [6, 6.07) is 8.20. The number of hydrogen-bond donors (Lipinski definition) is 1. The van der Waals surface area contributed by atoms with E-state index in [9.17, 15) is 4.79 Å². The van der Waals surface area contributed by atoms with E-state index in [1.165, 1.54) is 18.2 Å². The molecule has 0 spiro atoms. The second-order valence-corrected chi connectivity index (χ2v) is 4.27. The third-order valence-electron chi connectivity index (χ3n) is 3.24. The maximum absolute atomic E-state index is 11.4. The van der Waals surface area contributed by atoms with E-state index in [-0.39, 0.29) is 12.0 Å². The molecule has 0 saturated carbocycles. The van der Waals surface area contributed by atoms with Gasteiger partial charge in [-0.05, 0) is 30.4 Å². The van der Waals surface area contributed by atoms with E-state index >= 15 is 0 Å². The van der Waals surface area contributed by atoms with Crippen molar-refractivity contribution >= 4 is 5.97 Å². The second-order valence-electron chi connectivity index (χ2n) is 4.27. The molecule has 1 aliphatic rings. The van der Waals surface area contributed by atoms with Crippen LogP contribution in [0.25, 0.3) is 0 Å². The Morgan fingerprint density at radius 2 is 2.19 bits per heavy atom. The van der Waals surface area contributed by atoms with Gasteiger partial charge >= 0.3 is 5.97 Å². The Labute approximate surface area is 95.8 Å². The number of benzene rings is 1. The molecule has 2 atom stereocenters. The Bertz CT molecular complexity index is 389. The number of carbonyl (C=O) groups is 1. The average Bonchev–Trinajstić information content (AvgIpc) is 2.78. The van der Waals surface area contributed by atoms with E-state index < -0.39 is 0 Å². The highest BCUT2D eigenvalue weighted by Crippen LogP contribution is 2.28. The molecule has 1 aromatic rings. The lowest BCUT2D eigenvalue weighted by atomic mass is 9.93. The van der Waals surface area contributed by atoms with Gasteiger partial charge in [-0.2, -0.15) is 0 Å². The number of carbonyl (C=O) groups excluding carboxylic acids is 1. The van der Waals surface area contributed by atoms with Crippen LogP contribution in [0.3, 0.4) is 0 Å². The number of rotatable bonds is 2. The standard InChI is InChI=1S/C13H17NO2/c1-9-5-3-4-6-11(9)10-7-12(14-8-10)13(15)16-2/h3-6,10,12,14H,7-8H2,1-2H3/t10-,12+/m1/s1. The van der Waals surface area contributed by atoms with Crippen LogP contribution < -0.4 is 5.32 Å². The first-order chi connectivity index (χ1) is 7.72. The lowest BCUT2D eigenvalue weighted by Crippen LogP contribution is -2.31. The van der Waals surface area contributed by atoms with Gasteiger partial charge in [-0.3, -0.25) is 4.79 Å². The second kappa shape index (κ2) is 4.66. The van der Waals surface area contributed by atoms with E-state index in [2.05, 4.69) is 24.4 Å². The number of nitrogens with one attached hydrogen (secondary N) is 1. The van der Waals surface area contributed by atoms with Crippen molar-refractivity contribution in [3.63, 3.8) is 0 Å². The molecule has 1 N–H and O–H groups in total. The van der Waals surface area contributed by atoms with Crippen LogP contribution in [-0.4, -0.2) is 25.7 Å². The number of methoxy groups -OCH3 is 1. The summed E-state index contributed by atoms with van der Waals surface area (Å²) in [7, 11) is 1.44. The van der Waals surface area contributed by atoms with Gasteiger partial charge in [0.05, 0.1) is 7.11 Å². The lowest BCUT2D eigenvalue weighted by molar-refractivity contribution is -0.142. The van der Waals surface area contributed by atoms with Gasteiger partial charge in [-0.1, -0.05) is 24.3 Å². The van der Waals surface area contributed by atoms with Gasteiger partial charge in [-0.15, -0.1) is 0 Å². The minimum absolute atomic E-state index is 0.144. The molecule has 1 fully saturated rings. The average molecular weight is 219 g/mol. The molecule has 0 aromatic heterocycles. The van der Waals surface area contributed by atoms with Gasteiger partial charge in [0.2, 0.25) is 0 Å². The quantitative estimate of drug-likeness (QED) is 0.768. The minimum Gasteiger partial charge on any atom is -0.468 e. The van der Waals surface area contributed by atoms with Crippen molar-refractivity contribution in [1.29, 1.82) is 0 Å². The summed E-state index contributed by atoms with van der Waals surface area (Å²) in [5.74, 6) is 0.265. The summed E-state index contributed by atoms with van der Waals surface area (Å²) in [5.41, 5.74) is 2.63. The normalized spacial score (nSPS) is 24.4. The van der Waals surface area contributed by atoms with Gasteiger partial charge in [0.1, 0.15) is 6.04 Å². The molecule has 0 amide bonds. The van der Waals surface area contributed by atoms with Gasteiger partial charge < -0.3 is 10.1 Å². The Kier molecular flexibility index (Phi) is 3.25. The Balaban J connectivity index is 2.09. The number of hydrogen-bond acceptors (Lipinski definition) is 3. The van der Waals surface area contributed by atoms with Crippen molar-refractivity contribution in [2.24, 2.45) is 0 Å². The van der Waals surface area contributed by atoms with Crippen molar-refractivity contribution in [2.75, 3.05) is 13.7 Å². The highest BCUT2D eigenvalue weighted by molar-refractivity contribution is 5.76. The highest BCUT2D eigenvalue weighted by Gasteiger charge is 2.31. The molecule has 16 heavy (non-hydrogen) atoms. The number of esters is 1. The summed E-state index contributed by atoms with van der Waals surface area (Å²) >= 11 is 0. The maximum atomic E-state index is 11.4. The van der Waals surface area contributed by atoms with Gasteiger partial charge in [-0.25, -0.2) is 0 Å².